The van der Waals surface area contributed by atoms with E-state index < -0.39 is 11.8 Å². The van der Waals surface area contributed by atoms with Crippen LogP contribution in [0.25, 0.3) is 10.9 Å². The molecular formula is C11H9BrFNO2. The molecule has 16 heavy (non-hydrogen) atoms. The van der Waals surface area contributed by atoms with Crippen LogP contribution in [-0.4, -0.2) is 17.6 Å². The van der Waals surface area contributed by atoms with Gasteiger partial charge in [0.25, 0.3) is 0 Å². The number of ether oxygens (including phenoxy) is 1. The lowest BCUT2D eigenvalue weighted by atomic mass is 10.2. The zero-order chi connectivity index (χ0) is 11.7. The van der Waals surface area contributed by atoms with E-state index >= 15 is 0 Å². The molecule has 0 saturated carbocycles. The van der Waals surface area contributed by atoms with Crippen LogP contribution in [0, 0.1) is 5.82 Å². The van der Waals surface area contributed by atoms with Crippen molar-refractivity contribution in [3.05, 3.63) is 34.2 Å². The number of aromatic amines is 1. The second-order valence-electron chi connectivity index (χ2n) is 3.22. The Morgan fingerprint density at radius 2 is 2.31 bits per heavy atom. The molecule has 1 heterocycles. The zero-order valence-corrected chi connectivity index (χ0v) is 10.1. The Bertz CT molecular complexity index is 550. The van der Waals surface area contributed by atoms with Gasteiger partial charge in [-0.15, -0.1) is 0 Å². The van der Waals surface area contributed by atoms with Crippen molar-refractivity contribution in [2.24, 2.45) is 0 Å². The van der Waals surface area contributed by atoms with Crippen molar-refractivity contribution in [3.8, 4) is 0 Å². The maximum Gasteiger partial charge on any atom is 0.357 e. The molecule has 0 amide bonds. The lowest BCUT2D eigenvalue weighted by Gasteiger charge is -1.97. The van der Waals surface area contributed by atoms with Gasteiger partial charge in [-0.25, -0.2) is 9.18 Å². The highest BCUT2D eigenvalue weighted by atomic mass is 79.9. The smallest absolute Gasteiger partial charge is 0.357 e. The molecule has 0 spiro atoms. The molecule has 1 N–H and O–H groups in total. The lowest BCUT2D eigenvalue weighted by Crippen LogP contribution is -2.06. The van der Waals surface area contributed by atoms with E-state index in [2.05, 4.69) is 20.9 Å². The number of carbonyl (C=O) groups is 1. The third kappa shape index (κ3) is 1.82. The standard InChI is InChI=1S/C11H9BrFNO2/c1-2-16-11(15)10-9(13)7-5-6(12)3-4-8(7)14-10/h3-5,14H,2H2,1H3. The van der Waals surface area contributed by atoms with Gasteiger partial charge in [-0.1, -0.05) is 15.9 Å². The maximum atomic E-state index is 13.8. The predicted molar refractivity (Wildman–Crippen MR) is 61.9 cm³/mol. The summed E-state index contributed by atoms with van der Waals surface area (Å²) in [4.78, 5) is 14.1. The molecule has 1 aromatic heterocycles. The molecule has 0 unspecified atom stereocenters. The Labute approximate surface area is 99.7 Å². The fraction of sp³-hybridized carbons (Fsp3) is 0.182. The van der Waals surface area contributed by atoms with Gasteiger partial charge in [0.1, 0.15) is 0 Å². The van der Waals surface area contributed by atoms with Crippen molar-refractivity contribution in [2.45, 2.75) is 6.92 Å². The van der Waals surface area contributed by atoms with Crippen LogP contribution in [0.4, 0.5) is 4.39 Å². The van der Waals surface area contributed by atoms with E-state index in [1.807, 2.05) is 0 Å². The van der Waals surface area contributed by atoms with Gasteiger partial charge < -0.3 is 9.72 Å². The topological polar surface area (TPSA) is 42.1 Å². The van der Waals surface area contributed by atoms with E-state index in [4.69, 9.17) is 4.74 Å². The van der Waals surface area contributed by atoms with Crippen LogP contribution in [-0.2, 0) is 4.74 Å². The van der Waals surface area contributed by atoms with Crippen LogP contribution >= 0.6 is 15.9 Å². The number of esters is 1. The van der Waals surface area contributed by atoms with Crippen LogP contribution in [0.2, 0.25) is 0 Å². The number of rotatable bonds is 2. The monoisotopic (exact) mass is 285 g/mol. The van der Waals surface area contributed by atoms with E-state index in [9.17, 15) is 9.18 Å². The molecule has 3 nitrogen and oxygen atoms in total. The predicted octanol–water partition coefficient (Wildman–Crippen LogP) is 3.25. The molecule has 2 rings (SSSR count). The first-order valence-electron chi connectivity index (χ1n) is 4.77. The Morgan fingerprint density at radius 3 is 3.00 bits per heavy atom. The van der Waals surface area contributed by atoms with E-state index in [-0.39, 0.29) is 12.3 Å². The van der Waals surface area contributed by atoms with Gasteiger partial charge in [0.05, 0.1) is 6.61 Å². The van der Waals surface area contributed by atoms with E-state index in [0.29, 0.717) is 10.9 Å². The van der Waals surface area contributed by atoms with Gasteiger partial charge in [0.2, 0.25) is 0 Å². The second-order valence-corrected chi connectivity index (χ2v) is 4.14. The number of hydrogen-bond acceptors (Lipinski definition) is 2. The molecule has 0 radical (unpaired) electrons. The van der Waals surface area contributed by atoms with Crippen molar-refractivity contribution in [1.82, 2.24) is 4.98 Å². The Kier molecular flexibility index (Phi) is 2.96. The van der Waals surface area contributed by atoms with Crippen molar-refractivity contribution in [3.63, 3.8) is 0 Å². The molecule has 0 aliphatic rings. The molecule has 0 atom stereocenters. The Balaban J connectivity index is 2.56. The molecule has 0 bridgehead atoms. The molecule has 0 aliphatic heterocycles. The number of benzene rings is 1. The second kappa shape index (κ2) is 4.25. The van der Waals surface area contributed by atoms with E-state index in [0.717, 1.165) is 4.47 Å². The van der Waals surface area contributed by atoms with Gasteiger partial charge in [-0.05, 0) is 25.1 Å². The molecule has 0 aliphatic carbocycles. The molecule has 2 aromatic rings. The highest BCUT2D eigenvalue weighted by molar-refractivity contribution is 9.10. The van der Waals surface area contributed by atoms with Gasteiger partial charge in [-0.2, -0.15) is 0 Å². The molecule has 5 heteroatoms. The quantitative estimate of drug-likeness (QED) is 0.861. The number of nitrogens with one attached hydrogen (secondary N) is 1. The number of halogens is 2. The first-order valence-corrected chi connectivity index (χ1v) is 5.56. The third-order valence-electron chi connectivity index (χ3n) is 2.18. The van der Waals surface area contributed by atoms with Gasteiger partial charge >= 0.3 is 5.97 Å². The normalized spacial score (nSPS) is 10.7. The van der Waals surface area contributed by atoms with Crippen molar-refractivity contribution in [2.75, 3.05) is 6.61 Å². The fourth-order valence-corrected chi connectivity index (χ4v) is 1.84. The summed E-state index contributed by atoms with van der Waals surface area (Å²) in [5.41, 5.74) is 0.443. The summed E-state index contributed by atoms with van der Waals surface area (Å²) in [5, 5.41) is 0.373. The Morgan fingerprint density at radius 1 is 1.56 bits per heavy atom. The van der Waals surface area contributed by atoms with Gasteiger partial charge in [-0.3, -0.25) is 0 Å². The van der Waals surface area contributed by atoms with E-state index in [1.165, 1.54) is 0 Å². The van der Waals surface area contributed by atoms with Crippen molar-refractivity contribution < 1.29 is 13.9 Å². The number of aromatic nitrogens is 1. The highest BCUT2D eigenvalue weighted by Crippen LogP contribution is 2.24. The fourth-order valence-electron chi connectivity index (χ4n) is 1.48. The van der Waals surface area contributed by atoms with Crippen molar-refractivity contribution >= 4 is 32.8 Å². The van der Waals surface area contributed by atoms with Crippen LogP contribution in [0.3, 0.4) is 0 Å². The lowest BCUT2D eigenvalue weighted by molar-refractivity contribution is 0.0515. The maximum absolute atomic E-state index is 13.8. The van der Waals surface area contributed by atoms with Crippen LogP contribution in [0.1, 0.15) is 17.4 Å². The van der Waals surface area contributed by atoms with Crippen LogP contribution in [0.15, 0.2) is 22.7 Å². The molecule has 0 fully saturated rings. The van der Waals surface area contributed by atoms with Gasteiger partial charge in [0.15, 0.2) is 11.5 Å². The zero-order valence-electron chi connectivity index (χ0n) is 8.51. The average molecular weight is 286 g/mol. The molecule has 0 saturated heterocycles. The highest BCUT2D eigenvalue weighted by Gasteiger charge is 2.18. The number of H-pyrrole nitrogens is 1. The average Bonchev–Trinajstić information content (AvgIpc) is 2.57. The first-order chi connectivity index (χ1) is 7.63. The summed E-state index contributed by atoms with van der Waals surface area (Å²) in [7, 11) is 0. The summed E-state index contributed by atoms with van der Waals surface area (Å²) < 4.78 is 19.3. The van der Waals surface area contributed by atoms with Crippen molar-refractivity contribution in [1.29, 1.82) is 0 Å². The summed E-state index contributed by atoms with van der Waals surface area (Å²) in [5.74, 6) is -1.25. The Hall–Kier alpha value is -1.36. The summed E-state index contributed by atoms with van der Waals surface area (Å²) in [6, 6.07) is 5.09. The SMILES string of the molecule is CCOC(=O)c1[nH]c2ccc(Br)cc2c1F. The number of hydrogen-bond donors (Lipinski definition) is 1. The number of fused-ring (bicyclic) bond motifs is 1. The largest absolute Gasteiger partial charge is 0.461 e. The minimum atomic E-state index is -0.674. The summed E-state index contributed by atoms with van der Waals surface area (Å²) >= 11 is 3.25. The number of carbonyl (C=O) groups excluding carboxylic acids is 1. The summed E-state index contributed by atoms with van der Waals surface area (Å²) in [6.45, 7) is 1.90. The molecule has 1 aromatic carbocycles. The minimum Gasteiger partial charge on any atom is -0.461 e. The minimum absolute atomic E-state index is 0.130. The summed E-state index contributed by atoms with van der Waals surface area (Å²) in [6.07, 6.45) is 0. The van der Waals surface area contributed by atoms with Crippen LogP contribution < -0.4 is 0 Å². The third-order valence-corrected chi connectivity index (χ3v) is 2.67. The first kappa shape index (κ1) is 11.1. The van der Waals surface area contributed by atoms with Crippen LogP contribution in [0.5, 0.6) is 0 Å². The van der Waals surface area contributed by atoms with E-state index in [1.54, 1.807) is 25.1 Å². The molecule has 84 valence electrons. The van der Waals surface area contributed by atoms with Gasteiger partial charge in [0, 0.05) is 15.4 Å². The molecular weight excluding hydrogens is 277 g/mol.